The van der Waals surface area contributed by atoms with Crippen molar-refractivity contribution in [3.63, 3.8) is 0 Å². The van der Waals surface area contributed by atoms with Gasteiger partial charge in [-0.05, 0) is 51.3 Å². The summed E-state index contributed by atoms with van der Waals surface area (Å²) in [5, 5.41) is 2.80. The highest BCUT2D eigenvalue weighted by molar-refractivity contribution is 5.67. The van der Waals surface area contributed by atoms with Gasteiger partial charge < -0.3 is 14.8 Å². The molecule has 26 heavy (non-hydrogen) atoms. The molecule has 1 aliphatic rings. The summed E-state index contributed by atoms with van der Waals surface area (Å²) >= 11 is 0. The average Bonchev–Trinajstić information content (AvgIpc) is 2.57. The van der Waals surface area contributed by atoms with Crippen LogP contribution < -0.4 is 5.32 Å². The fourth-order valence-corrected chi connectivity index (χ4v) is 2.72. The highest BCUT2D eigenvalue weighted by Crippen LogP contribution is 2.14. The highest BCUT2D eigenvalue weighted by Gasteiger charge is 2.22. The lowest BCUT2D eigenvalue weighted by molar-refractivity contribution is -0.0313. The number of benzene rings is 1. The van der Waals surface area contributed by atoms with E-state index in [0.717, 1.165) is 19.6 Å². The van der Waals surface area contributed by atoms with Gasteiger partial charge in [-0.1, -0.05) is 32.0 Å². The normalized spacial score (nSPS) is 17.9. The van der Waals surface area contributed by atoms with Crippen LogP contribution in [-0.2, 0) is 16.0 Å². The molecule has 148 valence electrons. The lowest BCUT2D eigenvalue weighted by Gasteiger charge is -2.33. The molecule has 0 unspecified atom stereocenters. The summed E-state index contributed by atoms with van der Waals surface area (Å²) in [6.07, 6.45) is -0.393. The van der Waals surface area contributed by atoms with E-state index in [-0.39, 0.29) is 6.10 Å². The Kier molecular flexibility index (Phi) is 9.09. The van der Waals surface area contributed by atoms with Crippen molar-refractivity contribution in [2.75, 3.05) is 26.2 Å². The summed E-state index contributed by atoms with van der Waals surface area (Å²) < 4.78 is 11.0. The Hall–Kier alpha value is -1.59. The van der Waals surface area contributed by atoms with E-state index in [0.29, 0.717) is 13.2 Å². The molecule has 5 nitrogen and oxygen atoms in total. The topological polar surface area (TPSA) is 50.8 Å². The zero-order chi connectivity index (χ0) is 19.7. The van der Waals surface area contributed by atoms with Crippen LogP contribution in [0.1, 0.15) is 51.3 Å². The average molecular weight is 365 g/mol. The Morgan fingerprint density at radius 2 is 1.96 bits per heavy atom. The molecule has 0 aliphatic carbocycles. The maximum Gasteiger partial charge on any atom is 0.407 e. The number of amides is 1. The molecular formula is C21H36N2O3. The first kappa shape index (κ1) is 22.5. The van der Waals surface area contributed by atoms with E-state index in [1.54, 1.807) is 0 Å². The van der Waals surface area contributed by atoms with Crippen molar-refractivity contribution in [3.8, 4) is 0 Å². The number of ether oxygens (including phenoxy) is 2. The van der Waals surface area contributed by atoms with Crippen LogP contribution in [0, 0.1) is 13.8 Å². The molecule has 1 aromatic carbocycles. The van der Waals surface area contributed by atoms with Crippen LogP contribution in [0.4, 0.5) is 4.79 Å². The van der Waals surface area contributed by atoms with Crippen molar-refractivity contribution < 1.29 is 14.3 Å². The van der Waals surface area contributed by atoms with Gasteiger partial charge in [-0.2, -0.15) is 0 Å². The van der Waals surface area contributed by atoms with Crippen molar-refractivity contribution in [1.29, 1.82) is 0 Å². The molecule has 1 fully saturated rings. The first-order valence-corrected chi connectivity index (χ1v) is 9.60. The molecular weight excluding hydrogens is 328 g/mol. The van der Waals surface area contributed by atoms with E-state index >= 15 is 0 Å². The minimum absolute atomic E-state index is 0.00202. The Morgan fingerprint density at radius 3 is 2.58 bits per heavy atom. The highest BCUT2D eigenvalue weighted by atomic mass is 16.6. The number of hydrogen-bond donors (Lipinski definition) is 1. The largest absolute Gasteiger partial charge is 0.444 e. The number of carbonyl (C=O) groups is 1. The van der Waals surface area contributed by atoms with Gasteiger partial charge in [0.05, 0.1) is 12.7 Å². The Morgan fingerprint density at radius 1 is 1.27 bits per heavy atom. The first-order valence-electron chi connectivity index (χ1n) is 9.60. The van der Waals surface area contributed by atoms with E-state index < -0.39 is 11.7 Å². The van der Waals surface area contributed by atoms with E-state index in [1.807, 2.05) is 34.6 Å². The number of hydrogen-bond acceptors (Lipinski definition) is 4. The molecule has 1 aliphatic heterocycles. The molecule has 0 spiro atoms. The summed E-state index contributed by atoms with van der Waals surface area (Å²) in [4.78, 5) is 14.1. The summed E-state index contributed by atoms with van der Waals surface area (Å²) in [6, 6.07) is 6.61. The van der Waals surface area contributed by atoms with Crippen LogP contribution in [0.5, 0.6) is 0 Å². The third-order valence-electron chi connectivity index (χ3n) is 4.07. The van der Waals surface area contributed by atoms with E-state index in [9.17, 15) is 4.79 Å². The minimum Gasteiger partial charge on any atom is -0.444 e. The van der Waals surface area contributed by atoms with E-state index in [2.05, 4.69) is 42.3 Å². The van der Waals surface area contributed by atoms with Gasteiger partial charge in [-0.3, -0.25) is 4.90 Å². The molecule has 0 saturated carbocycles. The zero-order valence-electron chi connectivity index (χ0n) is 17.5. The number of alkyl carbamates (subject to hydrolysis) is 1. The molecule has 1 saturated heterocycles. The maximum atomic E-state index is 11.7. The van der Waals surface area contributed by atoms with Gasteiger partial charge >= 0.3 is 6.09 Å². The molecule has 1 aromatic rings. The Labute approximate surface area is 159 Å². The van der Waals surface area contributed by atoms with Crippen LogP contribution in [0.3, 0.4) is 0 Å². The van der Waals surface area contributed by atoms with Crippen molar-refractivity contribution in [2.24, 2.45) is 0 Å². The lowest BCUT2D eigenvalue weighted by Crippen LogP contribution is -2.47. The van der Waals surface area contributed by atoms with Crippen LogP contribution in [0.25, 0.3) is 0 Å². The predicted molar refractivity (Wildman–Crippen MR) is 107 cm³/mol. The molecule has 0 bridgehead atoms. The van der Waals surface area contributed by atoms with E-state index in [1.165, 1.54) is 16.7 Å². The van der Waals surface area contributed by atoms with Crippen molar-refractivity contribution >= 4 is 6.09 Å². The Balaban J connectivity index is 0.00000163. The van der Waals surface area contributed by atoms with Crippen LogP contribution in [0.2, 0.25) is 0 Å². The first-order chi connectivity index (χ1) is 12.2. The Bertz CT molecular complexity index is 567. The second kappa shape index (κ2) is 10.5. The minimum atomic E-state index is -0.479. The van der Waals surface area contributed by atoms with Crippen molar-refractivity contribution in [3.05, 3.63) is 34.9 Å². The quantitative estimate of drug-likeness (QED) is 0.875. The summed E-state index contributed by atoms with van der Waals surface area (Å²) in [5.74, 6) is 0. The van der Waals surface area contributed by atoms with Gasteiger partial charge in [0.25, 0.3) is 0 Å². The second-order valence-corrected chi connectivity index (χ2v) is 7.53. The van der Waals surface area contributed by atoms with Crippen LogP contribution in [-0.4, -0.2) is 48.9 Å². The number of rotatable bonds is 4. The summed E-state index contributed by atoms with van der Waals surface area (Å²) in [7, 11) is 0. The standard InChI is InChI=1S/C19H30N2O3.C2H6/c1-14-6-7-16(10-15(14)2)12-21-8-9-23-17(13-21)11-20-18(22)24-19(3,4)5;1-2/h6-7,10,17H,8-9,11-13H2,1-5H3,(H,20,22);1-2H3/t17-;/m0./s1. The van der Waals surface area contributed by atoms with Crippen LogP contribution in [0.15, 0.2) is 18.2 Å². The molecule has 1 atom stereocenters. The van der Waals surface area contributed by atoms with Gasteiger partial charge in [0.15, 0.2) is 0 Å². The monoisotopic (exact) mass is 364 g/mol. The van der Waals surface area contributed by atoms with E-state index in [4.69, 9.17) is 9.47 Å². The number of carbonyl (C=O) groups excluding carboxylic acids is 1. The van der Waals surface area contributed by atoms with Crippen LogP contribution >= 0.6 is 0 Å². The fraction of sp³-hybridized carbons (Fsp3) is 0.667. The molecule has 1 amide bonds. The fourth-order valence-electron chi connectivity index (χ4n) is 2.72. The number of nitrogens with zero attached hydrogens (tertiary/aromatic N) is 1. The maximum absolute atomic E-state index is 11.7. The lowest BCUT2D eigenvalue weighted by atomic mass is 10.1. The summed E-state index contributed by atoms with van der Waals surface area (Å²) in [6.45, 7) is 17.6. The third kappa shape index (κ3) is 8.19. The SMILES string of the molecule is CC.Cc1ccc(CN2CCO[C@@H](CNC(=O)OC(C)(C)C)C2)cc1C. The zero-order valence-corrected chi connectivity index (χ0v) is 17.5. The van der Waals surface area contributed by atoms with Gasteiger partial charge in [0.2, 0.25) is 0 Å². The number of nitrogens with one attached hydrogen (secondary N) is 1. The third-order valence-corrected chi connectivity index (χ3v) is 4.07. The number of morpholine rings is 1. The second-order valence-electron chi connectivity index (χ2n) is 7.53. The predicted octanol–water partition coefficient (Wildman–Crippen LogP) is 4.06. The van der Waals surface area contributed by atoms with Gasteiger partial charge in [-0.25, -0.2) is 4.79 Å². The summed E-state index contributed by atoms with van der Waals surface area (Å²) in [5.41, 5.74) is 3.48. The number of aryl methyl sites for hydroxylation is 2. The van der Waals surface area contributed by atoms with Crippen molar-refractivity contribution in [1.82, 2.24) is 10.2 Å². The molecule has 5 heteroatoms. The molecule has 0 radical (unpaired) electrons. The van der Waals surface area contributed by atoms with Gasteiger partial charge in [-0.15, -0.1) is 0 Å². The smallest absolute Gasteiger partial charge is 0.407 e. The van der Waals surface area contributed by atoms with Crippen molar-refractivity contribution in [2.45, 2.75) is 66.7 Å². The molecule has 1 N–H and O–H groups in total. The molecule has 0 aromatic heterocycles. The molecule has 1 heterocycles. The molecule has 2 rings (SSSR count). The van der Waals surface area contributed by atoms with Gasteiger partial charge in [0, 0.05) is 26.2 Å². The van der Waals surface area contributed by atoms with Gasteiger partial charge in [0.1, 0.15) is 5.60 Å².